The van der Waals surface area contributed by atoms with Gasteiger partial charge in [0.2, 0.25) is 0 Å². The van der Waals surface area contributed by atoms with Crippen LogP contribution in [-0.2, 0) is 30.9 Å². The first-order valence-corrected chi connectivity index (χ1v) is 24.6. The molecule has 2 heterocycles. The van der Waals surface area contributed by atoms with E-state index in [0.717, 1.165) is 69.8 Å². The molecule has 12 rings (SSSR count). The Kier molecular flexibility index (Phi) is 12.2. The van der Waals surface area contributed by atoms with E-state index in [1.807, 2.05) is 24.3 Å². The summed E-state index contributed by atoms with van der Waals surface area (Å²) in [5, 5.41) is 2.11. The number of fused-ring (bicyclic) bond motifs is 8. The first-order chi connectivity index (χ1) is 32.7. The third-order valence-corrected chi connectivity index (χ3v) is 15.4. The fraction of sp³-hybridized carbons (Fsp3) is 0.190. The maximum absolute atomic E-state index is 5.33. The van der Waals surface area contributed by atoms with E-state index >= 15 is 0 Å². The van der Waals surface area contributed by atoms with Crippen molar-refractivity contribution in [1.29, 1.82) is 0 Å². The predicted octanol–water partition coefficient (Wildman–Crippen LogP) is 17.0. The van der Waals surface area contributed by atoms with Crippen LogP contribution < -0.4 is 0 Å². The Hall–Kier alpha value is -6.36. The zero-order chi connectivity index (χ0) is 45.9. The minimum absolute atomic E-state index is 0. The van der Waals surface area contributed by atoms with Gasteiger partial charge in [0.15, 0.2) is 0 Å². The van der Waals surface area contributed by atoms with Crippen LogP contribution in [0.3, 0.4) is 0 Å². The van der Waals surface area contributed by atoms with Gasteiger partial charge in [-0.1, -0.05) is 167 Å². The van der Waals surface area contributed by atoms with Gasteiger partial charge in [0.1, 0.15) is 0 Å². The van der Waals surface area contributed by atoms with Crippen molar-refractivity contribution >= 4 is 32.5 Å². The molecule has 3 nitrogen and oxygen atoms in total. The number of aromatic nitrogens is 3. The van der Waals surface area contributed by atoms with E-state index in [4.69, 9.17) is 15.0 Å². The quantitative estimate of drug-likeness (QED) is 0.142. The topological polar surface area (TPSA) is 38.7 Å². The van der Waals surface area contributed by atoms with Gasteiger partial charge in [0.25, 0.3) is 0 Å². The molecule has 0 aliphatic heterocycles. The molecule has 0 saturated carbocycles. The van der Waals surface area contributed by atoms with Crippen molar-refractivity contribution < 1.29 is 20.1 Å². The van der Waals surface area contributed by atoms with Gasteiger partial charge in [-0.25, -0.2) is 0 Å². The molecule has 2 aromatic heterocycles. The van der Waals surface area contributed by atoms with Gasteiger partial charge in [0.05, 0.1) is 22.6 Å². The Morgan fingerprint density at radius 1 is 0.529 bits per heavy atom. The van der Waals surface area contributed by atoms with E-state index in [2.05, 4.69) is 193 Å². The normalized spacial score (nSPS) is 13.5. The fourth-order valence-electron chi connectivity index (χ4n) is 11.2. The second kappa shape index (κ2) is 18.3. The summed E-state index contributed by atoms with van der Waals surface area (Å²) in [6.45, 7) is 13.8. The van der Waals surface area contributed by atoms with Crippen molar-refractivity contribution in [3.8, 4) is 66.6 Å². The van der Waals surface area contributed by atoms with Gasteiger partial charge in [-0.2, -0.15) is 11.3 Å². The molecule has 0 N–H and O–H groups in total. The van der Waals surface area contributed by atoms with Crippen LogP contribution in [0.25, 0.3) is 87.7 Å². The summed E-state index contributed by atoms with van der Waals surface area (Å²) in [5.74, 6) is 0.745. The minimum Gasteiger partial charge on any atom is -0.285 e. The van der Waals surface area contributed by atoms with E-state index in [1.54, 1.807) is 11.3 Å². The van der Waals surface area contributed by atoms with Crippen LogP contribution in [0.4, 0.5) is 0 Å². The SMILES string of the molecule is CCCC1(CCC)c2cc(-c3nc(-c4c(C)cccc4C)c4ccccc4n3)[c-]cc2-c2cc3c(cc21)C(C)(C)c1ccccc1-3.[Ir].[c-]1ccc(-c2ccccc2)cc1-c1nc2ccccc2s1. The van der Waals surface area contributed by atoms with Crippen LogP contribution in [0.1, 0.15) is 86.8 Å². The van der Waals surface area contributed by atoms with E-state index < -0.39 is 0 Å². The summed E-state index contributed by atoms with van der Waals surface area (Å²) >= 11 is 1.71. The summed E-state index contributed by atoms with van der Waals surface area (Å²) in [6.07, 6.45) is 4.47. The first-order valence-electron chi connectivity index (χ1n) is 23.8. The molecule has 2 aliphatic rings. The Bertz CT molecular complexity index is 3450. The largest absolute Gasteiger partial charge is 0.285 e. The van der Waals surface area contributed by atoms with Crippen LogP contribution in [0.5, 0.6) is 0 Å². The molecule has 0 amide bonds. The zero-order valence-electron chi connectivity index (χ0n) is 39.5. The van der Waals surface area contributed by atoms with E-state index in [9.17, 15) is 0 Å². The van der Waals surface area contributed by atoms with Crippen molar-refractivity contribution in [1.82, 2.24) is 15.0 Å². The number of aryl methyl sites for hydroxylation is 2. The van der Waals surface area contributed by atoms with Crippen LogP contribution in [0.15, 0.2) is 164 Å². The Morgan fingerprint density at radius 2 is 1.21 bits per heavy atom. The monoisotopic (exact) mass is 1080 g/mol. The first kappa shape index (κ1) is 45.4. The molecule has 0 atom stereocenters. The second-order valence-corrected chi connectivity index (χ2v) is 19.9. The summed E-state index contributed by atoms with van der Waals surface area (Å²) in [5.41, 5.74) is 22.3. The molecule has 1 radical (unpaired) electrons. The Labute approximate surface area is 418 Å². The number of nitrogens with zero attached hydrogens (tertiary/aromatic N) is 3. The number of thiazole rings is 1. The Balaban J connectivity index is 0.000000204. The summed E-state index contributed by atoms with van der Waals surface area (Å²) in [4.78, 5) is 15.2. The smallest absolute Gasteiger partial charge is 0.0763 e. The van der Waals surface area contributed by atoms with Crippen molar-refractivity contribution in [2.24, 2.45) is 0 Å². The van der Waals surface area contributed by atoms with Crippen molar-refractivity contribution in [2.75, 3.05) is 0 Å². The zero-order valence-corrected chi connectivity index (χ0v) is 42.7. The summed E-state index contributed by atoms with van der Waals surface area (Å²) in [7, 11) is 0. The van der Waals surface area contributed by atoms with Crippen LogP contribution in [-0.4, -0.2) is 15.0 Å². The van der Waals surface area contributed by atoms with Gasteiger partial charge in [-0.15, -0.1) is 64.7 Å². The predicted molar refractivity (Wildman–Crippen MR) is 282 cm³/mol. The van der Waals surface area contributed by atoms with Crippen molar-refractivity contribution in [3.05, 3.63) is 209 Å². The van der Waals surface area contributed by atoms with E-state index in [0.29, 0.717) is 0 Å². The molecular weight excluding hydrogens is 1020 g/mol. The summed E-state index contributed by atoms with van der Waals surface area (Å²) in [6, 6.07) is 65.5. The van der Waals surface area contributed by atoms with Crippen molar-refractivity contribution in [2.45, 2.75) is 78.1 Å². The molecular formula is C63H53IrN3S-2. The number of hydrogen-bond donors (Lipinski definition) is 0. The third-order valence-electron chi connectivity index (χ3n) is 14.3. The molecule has 0 fully saturated rings. The minimum atomic E-state index is -0.0514. The molecule has 2 aliphatic carbocycles. The molecule has 5 heteroatoms. The molecule has 0 saturated heterocycles. The van der Waals surface area contributed by atoms with E-state index in [-0.39, 0.29) is 30.9 Å². The van der Waals surface area contributed by atoms with Gasteiger partial charge in [0, 0.05) is 51.6 Å². The van der Waals surface area contributed by atoms with Gasteiger partial charge >= 0.3 is 0 Å². The molecule has 0 bridgehead atoms. The number of benzene rings is 8. The molecule has 68 heavy (non-hydrogen) atoms. The molecule has 8 aromatic carbocycles. The average Bonchev–Trinajstić information content (AvgIpc) is 3.98. The third kappa shape index (κ3) is 7.66. The standard InChI is InChI=1S/C44H41N2.C19H12NS.Ir/c1-7-22-44(23-8-2)37-24-29(42-45-39-19-12-10-17-32(39)41(46-42)40-27(3)14-13-15-28(40)4)20-21-31(37)34-25-33-30-16-9-11-18-35(30)43(5,6)36(33)26-38(34)44;1-2-7-14(8-3-1)15-9-6-10-16(13-15)19-20-17-11-4-5-12-18(17)21-19;/h9-19,21,24-26H,7-8,22-23H2,1-6H3;1-9,11-13H;/q2*-1;. The maximum Gasteiger partial charge on any atom is 0.0763 e. The van der Waals surface area contributed by atoms with Gasteiger partial charge in [-0.3, -0.25) is 15.0 Å². The molecule has 0 spiro atoms. The Morgan fingerprint density at radius 3 is 1.97 bits per heavy atom. The summed E-state index contributed by atoms with van der Waals surface area (Å²) < 4.78 is 1.21. The second-order valence-electron chi connectivity index (χ2n) is 18.9. The fourth-order valence-corrected chi connectivity index (χ4v) is 12.2. The number of para-hydroxylation sites is 2. The van der Waals surface area contributed by atoms with Crippen LogP contribution in [0.2, 0.25) is 0 Å². The van der Waals surface area contributed by atoms with Crippen LogP contribution >= 0.6 is 11.3 Å². The molecule has 10 aromatic rings. The maximum atomic E-state index is 5.33. The average molecular weight is 1080 g/mol. The van der Waals surface area contributed by atoms with E-state index in [1.165, 1.54) is 77.0 Å². The van der Waals surface area contributed by atoms with Gasteiger partial charge < -0.3 is 0 Å². The number of hydrogen-bond acceptors (Lipinski definition) is 4. The van der Waals surface area contributed by atoms with Crippen LogP contribution in [0, 0.1) is 26.0 Å². The number of rotatable bonds is 8. The van der Waals surface area contributed by atoms with Gasteiger partial charge in [-0.05, 0) is 89.4 Å². The molecule has 337 valence electrons. The molecule has 0 unspecified atom stereocenters. The van der Waals surface area contributed by atoms with Crippen molar-refractivity contribution in [3.63, 3.8) is 0 Å².